The molecule has 3 aromatic rings. The van der Waals surface area contributed by atoms with Crippen LogP contribution in [0.4, 0.5) is 10.1 Å². The first-order valence-electron chi connectivity index (χ1n) is 9.10. The van der Waals surface area contributed by atoms with Crippen LogP contribution in [-0.4, -0.2) is 36.1 Å². The minimum absolute atomic E-state index is 0.221. The van der Waals surface area contributed by atoms with Gasteiger partial charge < -0.3 is 4.90 Å². The van der Waals surface area contributed by atoms with Crippen molar-refractivity contribution in [1.29, 1.82) is 0 Å². The summed E-state index contributed by atoms with van der Waals surface area (Å²) in [6, 6.07) is 16.7. The number of benzene rings is 2. The van der Waals surface area contributed by atoms with Gasteiger partial charge in [-0.2, -0.15) is 0 Å². The maximum atomic E-state index is 13.1. The number of hydrogen-bond donors (Lipinski definition) is 0. The zero-order valence-electron chi connectivity index (χ0n) is 15.0. The van der Waals surface area contributed by atoms with E-state index in [9.17, 15) is 4.39 Å². The third-order valence-corrected chi connectivity index (χ3v) is 5.19. The summed E-state index contributed by atoms with van der Waals surface area (Å²) in [4.78, 5) is 9.21. The molecule has 0 N–H and O–H groups in total. The molecule has 0 radical (unpaired) electrons. The van der Waals surface area contributed by atoms with Crippen LogP contribution in [0.2, 0.25) is 5.02 Å². The molecule has 1 aromatic heterocycles. The highest BCUT2D eigenvalue weighted by Gasteiger charge is 2.17. The molecule has 27 heavy (non-hydrogen) atoms. The van der Waals surface area contributed by atoms with E-state index < -0.39 is 0 Å². The van der Waals surface area contributed by atoms with Gasteiger partial charge in [-0.05, 0) is 53.6 Å². The SMILES string of the molecule is Fc1ccc(-c2cncc(CN3CCN(c4ccc(Cl)cc4)CC3)c2)cc1. The number of aromatic nitrogens is 1. The smallest absolute Gasteiger partial charge is 0.123 e. The van der Waals surface area contributed by atoms with Crippen molar-refractivity contribution in [2.75, 3.05) is 31.1 Å². The van der Waals surface area contributed by atoms with Crippen molar-refractivity contribution < 1.29 is 4.39 Å². The first-order valence-corrected chi connectivity index (χ1v) is 9.48. The Labute approximate surface area is 164 Å². The lowest BCUT2D eigenvalue weighted by Gasteiger charge is -2.36. The van der Waals surface area contributed by atoms with Crippen LogP contribution in [0.5, 0.6) is 0 Å². The zero-order valence-corrected chi connectivity index (χ0v) is 15.7. The first-order chi connectivity index (χ1) is 13.2. The Bertz CT molecular complexity index is 888. The van der Waals surface area contributed by atoms with Crippen molar-refractivity contribution >= 4 is 17.3 Å². The van der Waals surface area contributed by atoms with Crippen molar-refractivity contribution in [1.82, 2.24) is 9.88 Å². The molecule has 0 bridgehead atoms. The molecule has 5 heteroatoms. The van der Waals surface area contributed by atoms with Gasteiger partial charge in [0.05, 0.1) is 0 Å². The lowest BCUT2D eigenvalue weighted by molar-refractivity contribution is 0.249. The van der Waals surface area contributed by atoms with Crippen LogP contribution in [0.25, 0.3) is 11.1 Å². The number of anilines is 1. The normalized spacial score (nSPS) is 15.1. The Morgan fingerprint density at radius 1 is 0.852 bits per heavy atom. The summed E-state index contributed by atoms with van der Waals surface area (Å²) in [5.74, 6) is -0.221. The average Bonchev–Trinajstić information content (AvgIpc) is 2.70. The molecule has 0 atom stereocenters. The second kappa shape index (κ2) is 8.07. The van der Waals surface area contributed by atoms with Crippen LogP contribution in [-0.2, 0) is 6.54 Å². The second-order valence-electron chi connectivity index (χ2n) is 6.83. The van der Waals surface area contributed by atoms with E-state index in [-0.39, 0.29) is 5.82 Å². The molecule has 2 aromatic carbocycles. The van der Waals surface area contributed by atoms with Crippen molar-refractivity contribution in [2.45, 2.75) is 6.54 Å². The number of rotatable bonds is 4. The van der Waals surface area contributed by atoms with Crippen molar-refractivity contribution in [3.63, 3.8) is 0 Å². The van der Waals surface area contributed by atoms with E-state index in [1.807, 2.05) is 24.5 Å². The Hall–Kier alpha value is -2.43. The molecular formula is C22H21ClFN3. The maximum Gasteiger partial charge on any atom is 0.123 e. The molecule has 1 saturated heterocycles. The minimum Gasteiger partial charge on any atom is -0.369 e. The van der Waals surface area contributed by atoms with E-state index in [0.29, 0.717) is 0 Å². The predicted molar refractivity (Wildman–Crippen MR) is 109 cm³/mol. The average molecular weight is 382 g/mol. The number of halogens is 2. The Kier molecular flexibility index (Phi) is 5.37. The molecule has 1 aliphatic rings. The fourth-order valence-corrected chi connectivity index (χ4v) is 3.57. The highest BCUT2D eigenvalue weighted by molar-refractivity contribution is 6.30. The topological polar surface area (TPSA) is 19.4 Å². The quantitative estimate of drug-likeness (QED) is 0.643. The van der Waals surface area contributed by atoms with E-state index in [0.717, 1.165) is 48.9 Å². The van der Waals surface area contributed by atoms with Crippen molar-refractivity contribution in [2.24, 2.45) is 0 Å². The Balaban J connectivity index is 1.38. The molecule has 1 aliphatic heterocycles. The van der Waals surface area contributed by atoms with Gasteiger partial charge >= 0.3 is 0 Å². The molecule has 4 rings (SSSR count). The van der Waals surface area contributed by atoms with E-state index in [2.05, 4.69) is 33.0 Å². The molecule has 138 valence electrons. The largest absolute Gasteiger partial charge is 0.369 e. The van der Waals surface area contributed by atoms with Gasteiger partial charge in [0, 0.05) is 61.4 Å². The fraction of sp³-hybridized carbons (Fsp3) is 0.227. The fourth-order valence-electron chi connectivity index (χ4n) is 3.45. The molecular weight excluding hydrogens is 361 g/mol. The van der Waals surface area contributed by atoms with Gasteiger partial charge in [-0.25, -0.2) is 4.39 Å². The summed E-state index contributed by atoms with van der Waals surface area (Å²) in [5.41, 5.74) is 4.40. The molecule has 0 saturated carbocycles. The van der Waals surface area contributed by atoms with E-state index in [4.69, 9.17) is 11.6 Å². The highest BCUT2D eigenvalue weighted by Crippen LogP contribution is 2.22. The van der Waals surface area contributed by atoms with Crippen LogP contribution in [0, 0.1) is 5.82 Å². The number of pyridine rings is 1. The summed E-state index contributed by atoms with van der Waals surface area (Å²) in [6.07, 6.45) is 3.74. The van der Waals surface area contributed by atoms with Gasteiger partial charge in [-0.1, -0.05) is 23.7 Å². The summed E-state index contributed by atoms with van der Waals surface area (Å²) < 4.78 is 13.1. The van der Waals surface area contributed by atoms with Crippen molar-refractivity contribution in [3.05, 3.63) is 83.4 Å². The summed E-state index contributed by atoms with van der Waals surface area (Å²) in [6.45, 7) is 4.86. The molecule has 1 fully saturated rings. The monoisotopic (exact) mass is 381 g/mol. The lowest BCUT2D eigenvalue weighted by atomic mass is 10.1. The molecule has 0 spiro atoms. The molecule has 3 nitrogen and oxygen atoms in total. The molecule has 2 heterocycles. The van der Waals surface area contributed by atoms with Gasteiger partial charge in [-0.3, -0.25) is 9.88 Å². The lowest BCUT2D eigenvalue weighted by Crippen LogP contribution is -2.45. The van der Waals surface area contributed by atoms with Crippen molar-refractivity contribution in [3.8, 4) is 11.1 Å². The van der Waals surface area contributed by atoms with Gasteiger partial charge in [0.1, 0.15) is 5.82 Å². The van der Waals surface area contributed by atoms with Crippen LogP contribution in [0.3, 0.4) is 0 Å². The van der Waals surface area contributed by atoms with E-state index in [1.54, 1.807) is 12.1 Å². The van der Waals surface area contributed by atoms with Gasteiger partial charge in [0.25, 0.3) is 0 Å². The van der Waals surface area contributed by atoms with Crippen LogP contribution < -0.4 is 4.90 Å². The molecule has 0 aliphatic carbocycles. The van der Waals surface area contributed by atoms with Crippen LogP contribution in [0.15, 0.2) is 67.0 Å². The second-order valence-corrected chi connectivity index (χ2v) is 7.26. The number of hydrogen-bond acceptors (Lipinski definition) is 3. The number of nitrogens with zero attached hydrogens (tertiary/aromatic N) is 3. The molecule has 0 unspecified atom stereocenters. The van der Waals surface area contributed by atoms with Gasteiger partial charge in [-0.15, -0.1) is 0 Å². The highest BCUT2D eigenvalue weighted by atomic mass is 35.5. The summed E-state index contributed by atoms with van der Waals surface area (Å²) in [7, 11) is 0. The van der Waals surface area contributed by atoms with Crippen LogP contribution >= 0.6 is 11.6 Å². The Morgan fingerprint density at radius 2 is 1.56 bits per heavy atom. The van der Waals surface area contributed by atoms with E-state index in [1.165, 1.54) is 23.4 Å². The standard InChI is InChI=1S/C22H21ClFN3/c23-20-3-7-22(8-4-20)27-11-9-26(10-12-27)16-17-13-19(15-25-14-17)18-1-5-21(24)6-2-18/h1-8,13-15H,9-12,16H2. The third kappa shape index (κ3) is 4.46. The Morgan fingerprint density at radius 3 is 2.26 bits per heavy atom. The molecule has 0 amide bonds. The van der Waals surface area contributed by atoms with Gasteiger partial charge in [0.15, 0.2) is 0 Å². The van der Waals surface area contributed by atoms with Crippen LogP contribution in [0.1, 0.15) is 5.56 Å². The zero-order chi connectivity index (χ0) is 18.6. The van der Waals surface area contributed by atoms with Gasteiger partial charge in [0.2, 0.25) is 0 Å². The predicted octanol–water partition coefficient (Wildman–Crippen LogP) is 4.86. The summed E-state index contributed by atoms with van der Waals surface area (Å²) >= 11 is 5.98. The maximum absolute atomic E-state index is 13.1. The number of piperazine rings is 1. The third-order valence-electron chi connectivity index (χ3n) is 4.94. The van der Waals surface area contributed by atoms with E-state index >= 15 is 0 Å². The summed E-state index contributed by atoms with van der Waals surface area (Å²) in [5, 5.41) is 0.769. The minimum atomic E-state index is -0.221. The first kappa shape index (κ1) is 18.0.